The lowest BCUT2D eigenvalue weighted by molar-refractivity contribution is 0.308. The van der Waals surface area contributed by atoms with Gasteiger partial charge in [0, 0.05) is 0 Å². The van der Waals surface area contributed by atoms with Gasteiger partial charge in [-0.2, -0.15) is 0 Å². The highest BCUT2D eigenvalue weighted by molar-refractivity contribution is 5.29. The van der Waals surface area contributed by atoms with Crippen LogP contribution in [0, 0.1) is 5.92 Å². The summed E-state index contributed by atoms with van der Waals surface area (Å²) in [5, 5.41) is 0. The number of hydrogen-bond donors (Lipinski definition) is 0. The van der Waals surface area contributed by atoms with Crippen molar-refractivity contribution >= 4 is 0 Å². The maximum absolute atomic E-state index is 2.44. The second kappa shape index (κ2) is 7.49. The quantitative estimate of drug-likeness (QED) is 0.526. The fourth-order valence-corrected chi connectivity index (χ4v) is 4.50. The fraction of sp³-hybridized carbons (Fsp3) is 0.636. The van der Waals surface area contributed by atoms with Crippen LogP contribution in [-0.4, -0.2) is 0 Å². The minimum absolute atomic E-state index is 0.762. The molecule has 2 aliphatic rings. The molecule has 1 fully saturated rings. The molecule has 3 rings (SSSR count). The molecule has 0 aromatic heterocycles. The molecule has 0 N–H and O–H groups in total. The van der Waals surface area contributed by atoms with Gasteiger partial charge in [-0.05, 0) is 80.8 Å². The summed E-state index contributed by atoms with van der Waals surface area (Å²) < 4.78 is 0. The molecule has 120 valence electrons. The van der Waals surface area contributed by atoms with Crippen LogP contribution in [0.2, 0.25) is 0 Å². The average molecular weight is 296 g/mol. The van der Waals surface area contributed by atoms with Crippen LogP contribution in [0.15, 0.2) is 35.9 Å². The van der Waals surface area contributed by atoms with Gasteiger partial charge in [0.2, 0.25) is 0 Å². The van der Waals surface area contributed by atoms with Gasteiger partial charge in [0.25, 0.3) is 0 Å². The van der Waals surface area contributed by atoms with Gasteiger partial charge in [-0.1, -0.05) is 55.7 Å². The first-order valence-electron chi connectivity index (χ1n) is 9.51. The van der Waals surface area contributed by atoms with E-state index in [1.165, 1.54) is 57.8 Å². The van der Waals surface area contributed by atoms with Crippen molar-refractivity contribution < 1.29 is 0 Å². The lowest BCUT2D eigenvalue weighted by atomic mass is 9.76. The Labute approximate surface area is 137 Å². The molecule has 1 aromatic carbocycles. The fourth-order valence-electron chi connectivity index (χ4n) is 4.50. The molecule has 0 radical (unpaired) electrons. The first-order valence-corrected chi connectivity index (χ1v) is 9.51. The SMILES string of the molecule is CCCC1CCC(c2ccc(C3CC=C(C)CC3)cc2)CC1. The minimum Gasteiger partial charge on any atom is -0.0850 e. The molecule has 22 heavy (non-hydrogen) atoms. The number of rotatable bonds is 4. The Morgan fingerprint density at radius 2 is 1.50 bits per heavy atom. The molecule has 1 atom stereocenters. The van der Waals surface area contributed by atoms with Crippen LogP contribution in [-0.2, 0) is 0 Å². The van der Waals surface area contributed by atoms with Crippen molar-refractivity contribution in [3.8, 4) is 0 Å². The Morgan fingerprint density at radius 1 is 0.864 bits per heavy atom. The summed E-state index contributed by atoms with van der Waals surface area (Å²) in [7, 11) is 0. The van der Waals surface area contributed by atoms with Crippen molar-refractivity contribution in [3.05, 3.63) is 47.0 Å². The molecule has 0 nitrogen and oxygen atoms in total. The summed E-state index contributed by atoms with van der Waals surface area (Å²) in [6, 6.07) is 9.72. The first-order chi connectivity index (χ1) is 10.8. The second-order valence-corrected chi connectivity index (χ2v) is 7.69. The van der Waals surface area contributed by atoms with Crippen LogP contribution in [0.3, 0.4) is 0 Å². The van der Waals surface area contributed by atoms with E-state index < -0.39 is 0 Å². The topological polar surface area (TPSA) is 0 Å². The molecule has 2 aliphatic carbocycles. The Hall–Kier alpha value is -1.04. The van der Waals surface area contributed by atoms with Gasteiger partial charge in [0.1, 0.15) is 0 Å². The van der Waals surface area contributed by atoms with Crippen molar-refractivity contribution in [2.24, 2.45) is 5.92 Å². The first kappa shape index (κ1) is 15.8. The van der Waals surface area contributed by atoms with Crippen molar-refractivity contribution in [2.45, 2.75) is 83.5 Å². The monoisotopic (exact) mass is 296 g/mol. The number of hydrogen-bond acceptors (Lipinski definition) is 0. The van der Waals surface area contributed by atoms with Gasteiger partial charge in [0.05, 0.1) is 0 Å². The highest BCUT2D eigenvalue weighted by atomic mass is 14.3. The van der Waals surface area contributed by atoms with Crippen molar-refractivity contribution in [3.63, 3.8) is 0 Å². The van der Waals surface area contributed by atoms with Crippen LogP contribution in [0.25, 0.3) is 0 Å². The van der Waals surface area contributed by atoms with E-state index in [0.29, 0.717) is 0 Å². The zero-order valence-corrected chi connectivity index (χ0v) is 14.5. The van der Waals surface area contributed by atoms with Gasteiger partial charge < -0.3 is 0 Å². The highest BCUT2D eigenvalue weighted by Gasteiger charge is 2.22. The Morgan fingerprint density at radius 3 is 2.05 bits per heavy atom. The summed E-state index contributed by atoms with van der Waals surface area (Å²) in [5.74, 6) is 2.60. The second-order valence-electron chi connectivity index (χ2n) is 7.69. The zero-order valence-electron chi connectivity index (χ0n) is 14.5. The van der Waals surface area contributed by atoms with E-state index in [9.17, 15) is 0 Å². The predicted octanol–water partition coefficient (Wildman–Crippen LogP) is 6.97. The largest absolute Gasteiger partial charge is 0.0850 e. The summed E-state index contributed by atoms with van der Waals surface area (Å²) in [6.45, 7) is 4.60. The maximum Gasteiger partial charge on any atom is -0.0124 e. The molecule has 0 bridgehead atoms. The summed E-state index contributed by atoms with van der Waals surface area (Å²) >= 11 is 0. The maximum atomic E-state index is 2.44. The molecule has 1 unspecified atom stereocenters. The van der Waals surface area contributed by atoms with Crippen molar-refractivity contribution in [1.82, 2.24) is 0 Å². The Bertz CT molecular complexity index is 485. The molecular formula is C22H32. The van der Waals surface area contributed by atoms with E-state index in [2.05, 4.69) is 44.2 Å². The van der Waals surface area contributed by atoms with Gasteiger partial charge >= 0.3 is 0 Å². The van der Waals surface area contributed by atoms with Gasteiger partial charge in [-0.15, -0.1) is 0 Å². The zero-order chi connectivity index (χ0) is 15.4. The molecule has 0 spiro atoms. The van der Waals surface area contributed by atoms with E-state index in [4.69, 9.17) is 0 Å². The van der Waals surface area contributed by atoms with Crippen molar-refractivity contribution in [1.29, 1.82) is 0 Å². The molecular weight excluding hydrogens is 264 g/mol. The average Bonchev–Trinajstić information content (AvgIpc) is 2.57. The lowest BCUT2D eigenvalue weighted by Crippen LogP contribution is -2.13. The van der Waals surface area contributed by atoms with Crippen LogP contribution in [0.1, 0.15) is 94.6 Å². The van der Waals surface area contributed by atoms with Gasteiger partial charge in [0.15, 0.2) is 0 Å². The molecule has 0 aliphatic heterocycles. The van der Waals surface area contributed by atoms with Crippen molar-refractivity contribution in [2.75, 3.05) is 0 Å². The van der Waals surface area contributed by atoms with E-state index in [1.807, 2.05) is 0 Å². The Kier molecular flexibility index (Phi) is 5.39. The van der Waals surface area contributed by atoms with Gasteiger partial charge in [-0.25, -0.2) is 0 Å². The smallest absolute Gasteiger partial charge is 0.0124 e. The molecule has 0 heterocycles. The minimum atomic E-state index is 0.762. The summed E-state index contributed by atoms with van der Waals surface area (Å²) in [4.78, 5) is 0. The standard InChI is InChI=1S/C22H32/c1-3-4-18-7-11-20(12-8-18)22-15-13-21(14-16-22)19-9-5-17(2)6-10-19/h5,13-16,18-20H,3-4,6-12H2,1-2H3. The number of benzene rings is 1. The van der Waals surface area contributed by atoms with Crippen LogP contribution >= 0.6 is 0 Å². The number of allylic oxidation sites excluding steroid dienone is 2. The van der Waals surface area contributed by atoms with E-state index in [1.54, 1.807) is 16.7 Å². The van der Waals surface area contributed by atoms with Crippen LogP contribution < -0.4 is 0 Å². The van der Waals surface area contributed by atoms with Gasteiger partial charge in [-0.3, -0.25) is 0 Å². The van der Waals surface area contributed by atoms with E-state index in [0.717, 1.165) is 17.8 Å². The molecule has 1 saturated carbocycles. The van der Waals surface area contributed by atoms with E-state index >= 15 is 0 Å². The molecule has 1 aromatic rings. The lowest BCUT2D eigenvalue weighted by Gasteiger charge is -2.29. The predicted molar refractivity (Wildman–Crippen MR) is 96.4 cm³/mol. The molecule has 0 amide bonds. The third-order valence-electron chi connectivity index (χ3n) is 6.06. The normalized spacial score (nSPS) is 29.2. The molecule has 0 saturated heterocycles. The van der Waals surface area contributed by atoms with Crippen LogP contribution in [0.5, 0.6) is 0 Å². The third kappa shape index (κ3) is 3.83. The Balaban J connectivity index is 1.58. The summed E-state index contributed by atoms with van der Waals surface area (Å²) in [6.07, 6.45) is 14.8. The third-order valence-corrected chi connectivity index (χ3v) is 6.06. The van der Waals surface area contributed by atoms with E-state index in [-0.39, 0.29) is 0 Å². The summed E-state index contributed by atoms with van der Waals surface area (Å²) in [5.41, 5.74) is 4.74. The highest BCUT2D eigenvalue weighted by Crippen LogP contribution is 2.38. The van der Waals surface area contributed by atoms with Crippen LogP contribution in [0.4, 0.5) is 0 Å². The molecule has 0 heteroatoms.